The topological polar surface area (TPSA) is 0 Å². The van der Waals surface area contributed by atoms with Gasteiger partial charge in [0.25, 0.3) is 0 Å². The van der Waals surface area contributed by atoms with Gasteiger partial charge in [0.2, 0.25) is 0 Å². The maximum absolute atomic E-state index is 12.3. The van der Waals surface area contributed by atoms with Crippen LogP contribution in [-0.4, -0.2) is 6.67 Å². The lowest BCUT2D eigenvalue weighted by Gasteiger charge is -2.28. The highest BCUT2D eigenvalue weighted by Gasteiger charge is 2.21. The molecule has 0 unspecified atom stereocenters. The number of aryl methyl sites for hydroxylation is 1. The van der Waals surface area contributed by atoms with Gasteiger partial charge in [-0.15, -0.1) is 0 Å². The maximum atomic E-state index is 12.3. The van der Waals surface area contributed by atoms with Gasteiger partial charge in [0.1, 0.15) is 0 Å². The lowest BCUT2D eigenvalue weighted by Crippen LogP contribution is -2.13. The maximum Gasteiger partial charge on any atom is 0.0897 e. The van der Waals surface area contributed by atoms with Crippen LogP contribution in [0.15, 0.2) is 24.3 Å². The Labute approximate surface area is 111 Å². The molecule has 1 aromatic rings. The van der Waals surface area contributed by atoms with Crippen LogP contribution in [0, 0.1) is 5.92 Å². The quantitative estimate of drug-likeness (QED) is 0.665. The molecular weight excluding hydrogens is 223 g/mol. The number of hydrogen-bond acceptors (Lipinski definition) is 0. The average Bonchev–Trinajstić information content (AvgIpc) is 2.41. The molecular formula is C17H25F. The molecule has 2 rings (SSSR count). The Morgan fingerprint density at radius 3 is 2.28 bits per heavy atom. The van der Waals surface area contributed by atoms with Gasteiger partial charge in [0.15, 0.2) is 0 Å². The van der Waals surface area contributed by atoms with Crippen LogP contribution in [0.4, 0.5) is 4.39 Å². The molecule has 0 nitrogen and oxygen atoms in total. The molecule has 0 spiro atoms. The Bertz CT molecular complexity index is 333. The number of hydrogen-bond donors (Lipinski definition) is 0. The first kappa shape index (κ1) is 13.6. The largest absolute Gasteiger partial charge is 0.251 e. The summed E-state index contributed by atoms with van der Waals surface area (Å²) >= 11 is 0. The lowest BCUT2D eigenvalue weighted by molar-refractivity contribution is 0.283. The zero-order valence-corrected chi connectivity index (χ0v) is 11.5. The van der Waals surface area contributed by atoms with Crippen LogP contribution < -0.4 is 0 Å². The summed E-state index contributed by atoms with van der Waals surface area (Å²) in [4.78, 5) is 0. The molecule has 100 valence electrons. The van der Waals surface area contributed by atoms with Gasteiger partial charge in [-0.25, -0.2) is 0 Å². The van der Waals surface area contributed by atoms with E-state index < -0.39 is 0 Å². The van der Waals surface area contributed by atoms with Gasteiger partial charge in [0, 0.05) is 0 Å². The number of rotatable bonds is 5. The second-order valence-corrected chi connectivity index (χ2v) is 5.69. The van der Waals surface area contributed by atoms with Gasteiger partial charge in [-0.1, -0.05) is 37.6 Å². The van der Waals surface area contributed by atoms with Crippen molar-refractivity contribution in [2.45, 2.75) is 57.8 Å². The molecule has 1 heteroatoms. The van der Waals surface area contributed by atoms with Crippen molar-refractivity contribution in [3.05, 3.63) is 35.4 Å². The molecule has 0 amide bonds. The molecule has 0 N–H and O–H groups in total. The highest BCUT2D eigenvalue weighted by molar-refractivity contribution is 5.25. The zero-order chi connectivity index (χ0) is 12.8. The van der Waals surface area contributed by atoms with E-state index in [2.05, 4.69) is 31.2 Å². The Morgan fingerprint density at radius 1 is 1.06 bits per heavy atom. The van der Waals surface area contributed by atoms with E-state index in [4.69, 9.17) is 0 Å². The summed E-state index contributed by atoms with van der Waals surface area (Å²) in [6.45, 7) is 2.08. The van der Waals surface area contributed by atoms with E-state index in [0.29, 0.717) is 5.92 Å². The third kappa shape index (κ3) is 3.57. The Morgan fingerprint density at radius 2 is 1.72 bits per heavy atom. The van der Waals surface area contributed by atoms with Crippen molar-refractivity contribution in [1.82, 2.24) is 0 Å². The van der Waals surface area contributed by atoms with Crippen molar-refractivity contribution in [3.8, 4) is 0 Å². The molecule has 1 aliphatic carbocycles. The third-order valence-corrected chi connectivity index (χ3v) is 4.35. The average molecular weight is 248 g/mol. The SMILES string of the molecule is CCCc1ccc(C2CCC(CCF)CC2)cc1. The standard InChI is InChI=1S/C17H25F/c1-2-3-14-4-8-16(9-5-14)17-10-6-15(7-11-17)12-13-18/h4-5,8-9,15,17H,2-3,6-7,10-13H2,1H3. The van der Waals surface area contributed by atoms with E-state index >= 15 is 0 Å². The van der Waals surface area contributed by atoms with Crippen molar-refractivity contribution in [2.24, 2.45) is 5.92 Å². The van der Waals surface area contributed by atoms with Crippen LogP contribution in [0.25, 0.3) is 0 Å². The van der Waals surface area contributed by atoms with Gasteiger partial charge in [-0.2, -0.15) is 0 Å². The van der Waals surface area contributed by atoms with Crippen LogP contribution in [0.3, 0.4) is 0 Å². The predicted molar refractivity (Wildman–Crippen MR) is 75.7 cm³/mol. The summed E-state index contributed by atoms with van der Waals surface area (Å²) in [6.07, 6.45) is 8.10. The first-order chi connectivity index (χ1) is 8.83. The number of benzene rings is 1. The highest BCUT2D eigenvalue weighted by Crippen LogP contribution is 2.37. The molecule has 1 aromatic carbocycles. The Balaban J connectivity index is 1.89. The Hall–Kier alpha value is -0.850. The van der Waals surface area contributed by atoms with Crippen molar-refractivity contribution < 1.29 is 4.39 Å². The van der Waals surface area contributed by atoms with Gasteiger partial charge in [-0.3, -0.25) is 4.39 Å². The van der Waals surface area contributed by atoms with Gasteiger partial charge in [0.05, 0.1) is 6.67 Å². The molecule has 1 saturated carbocycles. The van der Waals surface area contributed by atoms with Crippen molar-refractivity contribution in [1.29, 1.82) is 0 Å². The molecule has 18 heavy (non-hydrogen) atoms. The van der Waals surface area contributed by atoms with E-state index in [1.165, 1.54) is 49.7 Å². The van der Waals surface area contributed by atoms with E-state index in [1.54, 1.807) is 0 Å². The van der Waals surface area contributed by atoms with Gasteiger partial charge < -0.3 is 0 Å². The molecule has 0 heterocycles. The highest BCUT2D eigenvalue weighted by atomic mass is 19.1. The summed E-state index contributed by atoms with van der Waals surface area (Å²) in [7, 11) is 0. The fourth-order valence-electron chi connectivity index (χ4n) is 3.18. The fourth-order valence-corrected chi connectivity index (χ4v) is 3.18. The molecule has 1 fully saturated rings. The summed E-state index contributed by atoms with van der Waals surface area (Å²) in [6, 6.07) is 9.19. The minimum atomic E-state index is -0.138. The predicted octanol–water partition coefficient (Wildman–Crippen LogP) is 5.27. The second kappa shape index (κ2) is 6.92. The summed E-state index contributed by atoms with van der Waals surface area (Å²) < 4.78 is 12.3. The number of alkyl halides is 1. The minimum Gasteiger partial charge on any atom is -0.251 e. The Kier molecular flexibility index (Phi) is 5.22. The van der Waals surface area contributed by atoms with Crippen LogP contribution in [0.2, 0.25) is 0 Å². The molecule has 1 aliphatic rings. The summed E-state index contributed by atoms with van der Waals surface area (Å²) in [5.41, 5.74) is 2.95. The smallest absolute Gasteiger partial charge is 0.0897 e. The number of halogens is 1. The monoisotopic (exact) mass is 248 g/mol. The fraction of sp³-hybridized carbons (Fsp3) is 0.647. The third-order valence-electron chi connectivity index (χ3n) is 4.35. The van der Waals surface area contributed by atoms with E-state index in [0.717, 1.165) is 12.3 Å². The molecule has 0 aromatic heterocycles. The van der Waals surface area contributed by atoms with Crippen molar-refractivity contribution in [3.63, 3.8) is 0 Å². The van der Waals surface area contributed by atoms with Crippen LogP contribution in [-0.2, 0) is 6.42 Å². The molecule has 0 saturated heterocycles. The normalized spacial score (nSPS) is 24.1. The van der Waals surface area contributed by atoms with Gasteiger partial charge in [-0.05, 0) is 61.5 Å². The first-order valence-electron chi connectivity index (χ1n) is 7.48. The minimum absolute atomic E-state index is 0.138. The van der Waals surface area contributed by atoms with E-state index in [1.807, 2.05) is 0 Å². The van der Waals surface area contributed by atoms with Gasteiger partial charge >= 0.3 is 0 Å². The molecule has 0 atom stereocenters. The van der Waals surface area contributed by atoms with Crippen LogP contribution >= 0.6 is 0 Å². The van der Waals surface area contributed by atoms with Crippen molar-refractivity contribution >= 4 is 0 Å². The van der Waals surface area contributed by atoms with Crippen molar-refractivity contribution in [2.75, 3.05) is 6.67 Å². The molecule has 0 radical (unpaired) electrons. The molecule has 0 bridgehead atoms. The summed E-state index contributed by atoms with van der Waals surface area (Å²) in [5.74, 6) is 1.36. The van der Waals surface area contributed by atoms with E-state index in [-0.39, 0.29) is 6.67 Å². The van der Waals surface area contributed by atoms with E-state index in [9.17, 15) is 4.39 Å². The zero-order valence-electron chi connectivity index (χ0n) is 11.5. The lowest BCUT2D eigenvalue weighted by atomic mass is 9.77. The molecule has 0 aliphatic heterocycles. The van der Waals surface area contributed by atoms with Crippen LogP contribution in [0.1, 0.15) is 62.5 Å². The second-order valence-electron chi connectivity index (χ2n) is 5.69. The van der Waals surface area contributed by atoms with Crippen LogP contribution in [0.5, 0.6) is 0 Å². The first-order valence-corrected chi connectivity index (χ1v) is 7.48. The summed E-state index contributed by atoms with van der Waals surface area (Å²) in [5, 5.41) is 0.